The molecule has 126 valence electrons. The number of carbonyl (C=O) groups excluding carboxylic acids is 1. The third kappa shape index (κ3) is 3.37. The summed E-state index contributed by atoms with van der Waals surface area (Å²) in [6.45, 7) is 0. The Morgan fingerprint density at radius 2 is 2.20 bits per heavy atom. The number of thiophene rings is 1. The molecule has 1 N–H and O–H groups in total. The highest BCUT2D eigenvalue weighted by Gasteiger charge is 2.12. The number of amides is 1. The SMILES string of the molecule is CSc1cccc(NC(=O)CSc2nncn3c2cc2sccc23)c1. The Bertz CT molecular complexity index is 1060. The fourth-order valence-electron chi connectivity index (χ4n) is 2.55. The molecule has 0 unspecified atom stereocenters. The van der Waals surface area contributed by atoms with Crippen LogP contribution in [0, 0.1) is 0 Å². The molecule has 25 heavy (non-hydrogen) atoms. The van der Waals surface area contributed by atoms with E-state index >= 15 is 0 Å². The van der Waals surface area contributed by atoms with Gasteiger partial charge in [0.05, 0.1) is 21.5 Å². The van der Waals surface area contributed by atoms with Crippen LogP contribution in [0.1, 0.15) is 0 Å². The Balaban J connectivity index is 1.49. The predicted molar refractivity (Wildman–Crippen MR) is 106 cm³/mol. The first-order chi connectivity index (χ1) is 12.2. The molecule has 0 saturated carbocycles. The van der Waals surface area contributed by atoms with Crippen LogP contribution in [0.4, 0.5) is 5.69 Å². The molecule has 3 aromatic heterocycles. The summed E-state index contributed by atoms with van der Waals surface area (Å²) in [7, 11) is 0. The Labute approximate surface area is 156 Å². The van der Waals surface area contributed by atoms with Gasteiger partial charge in [-0.05, 0) is 42.0 Å². The van der Waals surface area contributed by atoms with Gasteiger partial charge in [-0.3, -0.25) is 9.20 Å². The first kappa shape index (κ1) is 16.4. The molecule has 0 aliphatic carbocycles. The van der Waals surface area contributed by atoms with Crippen molar-refractivity contribution in [3.63, 3.8) is 0 Å². The van der Waals surface area contributed by atoms with Crippen LogP contribution in [0.3, 0.4) is 0 Å². The number of thioether (sulfide) groups is 2. The second kappa shape index (κ2) is 7.07. The minimum atomic E-state index is -0.0552. The van der Waals surface area contributed by atoms with E-state index in [1.807, 2.05) is 34.9 Å². The Morgan fingerprint density at radius 3 is 3.08 bits per heavy atom. The molecular formula is C17H14N4OS3. The monoisotopic (exact) mass is 386 g/mol. The molecular weight excluding hydrogens is 372 g/mol. The average Bonchev–Trinajstić information content (AvgIpc) is 3.21. The largest absolute Gasteiger partial charge is 0.325 e. The summed E-state index contributed by atoms with van der Waals surface area (Å²) in [5.74, 6) is 0.233. The Hall–Kier alpha value is -2.03. The van der Waals surface area contributed by atoms with Crippen LogP contribution >= 0.6 is 34.9 Å². The van der Waals surface area contributed by atoms with Crippen molar-refractivity contribution in [2.75, 3.05) is 17.3 Å². The fraction of sp³-hybridized carbons (Fsp3) is 0.118. The number of hydrogen-bond acceptors (Lipinski definition) is 6. The van der Waals surface area contributed by atoms with Gasteiger partial charge < -0.3 is 5.32 Å². The summed E-state index contributed by atoms with van der Waals surface area (Å²) in [5.41, 5.74) is 2.92. The summed E-state index contributed by atoms with van der Waals surface area (Å²) in [5, 5.41) is 14.0. The molecule has 4 rings (SSSR count). The number of aromatic nitrogens is 3. The number of hydrogen-bond donors (Lipinski definition) is 1. The van der Waals surface area contributed by atoms with Crippen LogP contribution in [-0.2, 0) is 4.79 Å². The van der Waals surface area contributed by atoms with Gasteiger partial charge in [-0.15, -0.1) is 33.3 Å². The van der Waals surface area contributed by atoms with Gasteiger partial charge in [0.25, 0.3) is 0 Å². The summed E-state index contributed by atoms with van der Waals surface area (Å²) in [6, 6.07) is 12.0. The molecule has 5 nitrogen and oxygen atoms in total. The van der Waals surface area contributed by atoms with Gasteiger partial charge in [0, 0.05) is 10.6 Å². The molecule has 0 bridgehead atoms. The number of carbonyl (C=O) groups is 1. The number of benzene rings is 1. The summed E-state index contributed by atoms with van der Waals surface area (Å²) in [4.78, 5) is 13.4. The number of nitrogens with zero attached hydrogens (tertiary/aromatic N) is 3. The van der Waals surface area contributed by atoms with Crippen LogP contribution in [0.2, 0.25) is 0 Å². The van der Waals surface area contributed by atoms with E-state index < -0.39 is 0 Å². The maximum absolute atomic E-state index is 12.3. The van der Waals surface area contributed by atoms with E-state index in [0.29, 0.717) is 0 Å². The average molecular weight is 387 g/mol. The van der Waals surface area contributed by atoms with Crippen molar-refractivity contribution in [1.82, 2.24) is 14.6 Å². The second-order valence-corrected chi connectivity index (χ2v) is 8.07. The third-order valence-electron chi connectivity index (χ3n) is 3.69. The van der Waals surface area contributed by atoms with Gasteiger partial charge >= 0.3 is 0 Å². The van der Waals surface area contributed by atoms with E-state index in [9.17, 15) is 4.79 Å². The Morgan fingerprint density at radius 1 is 1.28 bits per heavy atom. The van der Waals surface area contributed by atoms with Crippen molar-refractivity contribution >= 4 is 62.2 Å². The zero-order valence-corrected chi connectivity index (χ0v) is 15.8. The minimum absolute atomic E-state index is 0.0552. The van der Waals surface area contributed by atoms with Gasteiger partial charge in [-0.25, -0.2) is 0 Å². The lowest BCUT2D eigenvalue weighted by atomic mass is 10.3. The van der Waals surface area contributed by atoms with Gasteiger partial charge in [-0.2, -0.15) is 0 Å². The molecule has 8 heteroatoms. The van der Waals surface area contributed by atoms with Gasteiger partial charge in [-0.1, -0.05) is 17.8 Å². The minimum Gasteiger partial charge on any atom is -0.325 e. The molecule has 3 heterocycles. The van der Waals surface area contributed by atoms with Gasteiger partial charge in [0.1, 0.15) is 11.4 Å². The fourth-order valence-corrected chi connectivity index (χ4v) is 4.57. The van der Waals surface area contributed by atoms with E-state index in [4.69, 9.17) is 0 Å². The van der Waals surface area contributed by atoms with E-state index in [2.05, 4.69) is 33.0 Å². The third-order valence-corrected chi connectivity index (χ3v) is 6.24. The highest BCUT2D eigenvalue weighted by atomic mass is 32.2. The van der Waals surface area contributed by atoms with Crippen LogP contribution in [-0.4, -0.2) is 32.5 Å². The number of anilines is 1. The van der Waals surface area contributed by atoms with Gasteiger partial charge in [0.15, 0.2) is 0 Å². The standard InChI is InChI=1S/C17H14N4OS3/c1-23-12-4-2-3-11(7-12)19-16(22)9-25-17-14-8-15-13(5-6-24-15)21(14)10-18-20-17/h2-8,10H,9H2,1H3,(H,19,22). The molecule has 0 radical (unpaired) electrons. The van der Waals surface area contributed by atoms with E-state index in [0.717, 1.165) is 26.6 Å². The molecule has 0 atom stereocenters. The maximum Gasteiger partial charge on any atom is 0.234 e. The molecule has 1 aromatic carbocycles. The topological polar surface area (TPSA) is 59.3 Å². The van der Waals surface area contributed by atoms with E-state index in [-0.39, 0.29) is 11.7 Å². The first-order valence-corrected chi connectivity index (χ1v) is 10.6. The molecule has 0 spiro atoms. The molecule has 0 aliphatic rings. The second-order valence-electron chi connectivity index (χ2n) is 5.27. The highest BCUT2D eigenvalue weighted by molar-refractivity contribution is 8.00. The zero-order valence-electron chi connectivity index (χ0n) is 13.3. The number of fused-ring (bicyclic) bond motifs is 3. The van der Waals surface area contributed by atoms with Crippen molar-refractivity contribution < 1.29 is 4.79 Å². The van der Waals surface area contributed by atoms with Crippen molar-refractivity contribution in [3.8, 4) is 0 Å². The van der Waals surface area contributed by atoms with E-state index in [1.165, 1.54) is 16.5 Å². The van der Waals surface area contributed by atoms with Crippen molar-refractivity contribution in [3.05, 3.63) is 48.1 Å². The van der Waals surface area contributed by atoms with Crippen LogP contribution in [0.5, 0.6) is 0 Å². The molecule has 0 fully saturated rings. The number of nitrogens with one attached hydrogen (secondary N) is 1. The van der Waals surface area contributed by atoms with Crippen molar-refractivity contribution in [2.45, 2.75) is 9.92 Å². The normalized spacial score (nSPS) is 11.2. The van der Waals surface area contributed by atoms with Crippen LogP contribution < -0.4 is 5.32 Å². The zero-order chi connectivity index (χ0) is 17.2. The smallest absolute Gasteiger partial charge is 0.234 e. The molecule has 0 saturated heterocycles. The summed E-state index contributed by atoms with van der Waals surface area (Å²) >= 11 is 4.73. The predicted octanol–water partition coefficient (Wildman–Crippen LogP) is 4.40. The maximum atomic E-state index is 12.3. The molecule has 1 amide bonds. The molecule has 0 aliphatic heterocycles. The van der Waals surface area contributed by atoms with Gasteiger partial charge in [0.2, 0.25) is 5.91 Å². The lowest BCUT2D eigenvalue weighted by Gasteiger charge is -2.06. The first-order valence-electron chi connectivity index (χ1n) is 7.51. The summed E-state index contributed by atoms with van der Waals surface area (Å²) < 4.78 is 3.20. The Kier molecular flexibility index (Phi) is 4.65. The highest BCUT2D eigenvalue weighted by Crippen LogP contribution is 2.29. The lowest BCUT2D eigenvalue weighted by Crippen LogP contribution is -2.14. The van der Waals surface area contributed by atoms with E-state index in [1.54, 1.807) is 29.4 Å². The molecule has 4 aromatic rings. The number of rotatable bonds is 5. The lowest BCUT2D eigenvalue weighted by molar-refractivity contribution is -0.113. The van der Waals surface area contributed by atoms with Crippen molar-refractivity contribution in [2.24, 2.45) is 0 Å². The van der Waals surface area contributed by atoms with Crippen molar-refractivity contribution in [1.29, 1.82) is 0 Å². The summed E-state index contributed by atoms with van der Waals surface area (Å²) in [6.07, 6.45) is 3.72. The quantitative estimate of drug-likeness (QED) is 0.515. The van der Waals surface area contributed by atoms with Crippen LogP contribution in [0.25, 0.3) is 15.7 Å². The van der Waals surface area contributed by atoms with Crippen LogP contribution in [0.15, 0.2) is 58.0 Å².